The zero-order valence-electron chi connectivity index (χ0n) is 23.7. The molecular formula is C33H55N. The van der Waals surface area contributed by atoms with Crippen LogP contribution >= 0.6 is 0 Å². The number of hydrogen-bond donors (Lipinski definition) is 1. The van der Waals surface area contributed by atoms with Crippen molar-refractivity contribution < 1.29 is 0 Å². The van der Waals surface area contributed by atoms with Crippen molar-refractivity contribution in [3.05, 3.63) is 24.4 Å². The van der Waals surface area contributed by atoms with E-state index in [4.69, 9.17) is 5.73 Å². The Labute approximate surface area is 211 Å². The summed E-state index contributed by atoms with van der Waals surface area (Å²) >= 11 is 0. The average Bonchev–Trinajstić information content (AvgIpc) is 3.18. The van der Waals surface area contributed by atoms with Crippen molar-refractivity contribution in [2.24, 2.45) is 68.3 Å². The summed E-state index contributed by atoms with van der Waals surface area (Å²) in [6.07, 6.45) is 15.1. The van der Waals surface area contributed by atoms with Gasteiger partial charge >= 0.3 is 0 Å². The molecule has 0 spiro atoms. The van der Waals surface area contributed by atoms with Crippen LogP contribution in [0.3, 0.4) is 0 Å². The molecule has 34 heavy (non-hydrogen) atoms. The first-order valence-corrected chi connectivity index (χ1v) is 14.9. The lowest BCUT2D eigenvalue weighted by atomic mass is 9.31. The van der Waals surface area contributed by atoms with Gasteiger partial charge in [0.2, 0.25) is 0 Å². The normalized spacial score (nSPS) is 56.6. The fourth-order valence-electron chi connectivity index (χ4n) is 12.3. The lowest BCUT2D eigenvalue weighted by Crippen LogP contribution is -2.66. The van der Waals surface area contributed by atoms with Gasteiger partial charge in [0.25, 0.3) is 0 Å². The van der Waals surface area contributed by atoms with Crippen LogP contribution in [0, 0.1) is 62.6 Å². The topological polar surface area (TPSA) is 26.0 Å². The third-order valence-corrected chi connectivity index (χ3v) is 14.8. The highest BCUT2D eigenvalue weighted by atomic mass is 14.8. The Kier molecular flexibility index (Phi) is 5.61. The van der Waals surface area contributed by atoms with Gasteiger partial charge in [-0.05, 0) is 128 Å². The molecule has 5 fully saturated rings. The predicted molar refractivity (Wildman–Crippen MR) is 146 cm³/mol. The number of nitrogens with two attached hydrogens (primary N) is 1. The number of rotatable bonds is 3. The van der Waals surface area contributed by atoms with Gasteiger partial charge in [-0.15, -0.1) is 0 Å². The van der Waals surface area contributed by atoms with Crippen molar-refractivity contribution in [1.29, 1.82) is 0 Å². The lowest BCUT2D eigenvalue weighted by molar-refractivity contribution is -0.241. The first-order chi connectivity index (χ1) is 15.8. The Morgan fingerprint density at radius 1 is 0.824 bits per heavy atom. The lowest BCUT2D eigenvalue weighted by Gasteiger charge is -2.73. The molecule has 0 aromatic heterocycles. The van der Waals surface area contributed by atoms with Crippen LogP contribution in [0.4, 0.5) is 0 Å². The second kappa shape index (κ2) is 7.64. The van der Waals surface area contributed by atoms with Gasteiger partial charge in [0.15, 0.2) is 0 Å². The third-order valence-electron chi connectivity index (χ3n) is 14.8. The summed E-state index contributed by atoms with van der Waals surface area (Å²) in [6, 6.07) is 0. The van der Waals surface area contributed by atoms with Crippen LogP contribution in [-0.4, -0.2) is 0 Å². The van der Waals surface area contributed by atoms with Gasteiger partial charge in [-0.1, -0.05) is 66.7 Å². The molecule has 11 atom stereocenters. The van der Waals surface area contributed by atoms with Gasteiger partial charge in [-0.2, -0.15) is 0 Å². The molecule has 0 radical (unpaired) electrons. The van der Waals surface area contributed by atoms with Crippen molar-refractivity contribution in [2.45, 2.75) is 119 Å². The van der Waals surface area contributed by atoms with Crippen LogP contribution in [0.1, 0.15) is 119 Å². The van der Waals surface area contributed by atoms with E-state index in [2.05, 4.69) is 61.6 Å². The standard InChI is InChI=1S/C33H55N/c1-10-29(6)22(4)13-16-30(7)26(29)15-17-32(9)27(30)12-11-25-28-24(21(2)3)14-18-33(28,23(5)34)20-19-31(25,32)8/h22,24-28H,2,5,10-20,34H2,1,3-4,6-9H3/t22-,24?,25?,26-,27+,28+,29+,30-,31+,32+,33+/m0/s1. The largest absolute Gasteiger partial charge is 0.402 e. The summed E-state index contributed by atoms with van der Waals surface area (Å²) in [6.45, 7) is 27.2. The number of allylic oxidation sites excluding steroid dienone is 2. The first kappa shape index (κ1) is 25.0. The molecule has 5 aliphatic carbocycles. The summed E-state index contributed by atoms with van der Waals surface area (Å²) in [5.74, 6) is 4.71. The van der Waals surface area contributed by atoms with E-state index in [0.29, 0.717) is 33.5 Å². The van der Waals surface area contributed by atoms with Gasteiger partial charge < -0.3 is 5.73 Å². The van der Waals surface area contributed by atoms with Crippen LogP contribution in [-0.2, 0) is 0 Å². The van der Waals surface area contributed by atoms with E-state index in [0.717, 1.165) is 29.4 Å². The SMILES string of the molecule is C=C(C)C1CC[C@]2(C(=C)N)CC[C@]3(C)C(CC[C@@H]4[C@@]5(C)CC[C@H](C)[C@@](C)(CC)[C@@H]5CC[C@]43C)[C@@H]12. The van der Waals surface area contributed by atoms with Gasteiger partial charge in [0.05, 0.1) is 0 Å². The minimum Gasteiger partial charge on any atom is -0.402 e. The minimum absolute atomic E-state index is 0.166. The van der Waals surface area contributed by atoms with E-state index in [1.807, 2.05) is 0 Å². The maximum atomic E-state index is 6.68. The summed E-state index contributed by atoms with van der Waals surface area (Å²) < 4.78 is 0. The highest BCUT2D eigenvalue weighted by Gasteiger charge is 2.71. The number of fused-ring (bicyclic) bond motifs is 7. The minimum atomic E-state index is 0.166. The Bertz CT molecular complexity index is 872. The summed E-state index contributed by atoms with van der Waals surface area (Å²) in [5, 5.41) is 0. The van der Waals surface area contributed by atoms with Crippen LogP contribution in [0.2, 0.25) is 0 Å². The second-order valence-corrected chi connectivity index (χ2v) is 15.2. The average molecular weight is 466 g/mol. The molecule has 0 bridgehead atoms. The first-order valence-electron chi connectivity index (χ1n) is 14.9. The molecule has 5 rings (SSSR count). The molecule has 1 nitrogen and oxygen atoms in total. The summed E-state index contributed by atoms with van der Waals surface area (Å²) in [5.41, 5.74) is 11.1. The molecule has 2 unspecified atom stereocenters. The van der Waals surface area contributed by atoms with Crippen molar-refractivity contribution in [3.8, 4) is 0 Å². The van der Waals surface area contributed by atoms with E-state index in [1.54, 1.807) is 0 Å². The maximum absolute atomic E-state index is 6.68. The molecule has 192 valence electrons. The van der Waals surface area contributed by atoms with Crippen LogP contribution in [0.25, 0.3) is 0 Å². The predicted octanol–water partition coefficient (Wildman–Crippen LogP) is 9.14. The second-order valence-electron chi connectivity index (χ2n) is 15.2. The maximum Gasteiger partial charge on any atom is 0.0130 e. The zero-order chi connectivity index (χ0) is 24.9. The van der Waals surface area contributed by atoms with Crippen LogP contribution < -0.4 is 5.73 Å². The van der Waals surface area contributed by atoms with E-state index < -0.39 is 0 Å². The molecule has 0 amide bonds. The molecule has 2 N–H and O–H groups in total. The van der Waals surface area contributed by atoms with E-state index >= 15 is 0 Å². The van der Waals surface area contributed by atoms with E-state index in [9.17, 15) is 0 Å². The Morgan fingerprint density at radius 2 is 1.53 bits per heavy atom. The van der Waals surface area contributed by atoms with Gasteiger partial charge in [-0.3, -0.25) is 0 Å². The van der Waals surface area contributed by atoms with E-state index in [-0.39, 0.29) is 5.41 Å². The molecule has 1 heteroatoms. The highest BCUT2D eigenvalue weighted by molar-refractivity contribution is 5.26. The zero-order valence-corrected chi connectivity index (χ0v) is 23.7. The van der Waals surface area contributed by atoms with Crippen molar-refractivity contribution in [1.82, 2.24) is 0 Å². The fraction of sp³-hybridized carbons (Fsp3) is 0.879. The van der Waals surface area contributed by atoms with Crippen LogP contribution in [0.15, 0.2) is 24.4 Å². The summed E-state index contributed by atoms with van der Waals surface area (Å²) in [4.78, 5) is 0. The Balaban J connectivity index is 1.56. The van der Waals surface area contributed by atoms with Crippen LogP contribution in [0.5, 0.6) is 0 Å². The highest BCUT2D eigenvalue weighted by Crippen LogP contribution is 2.78. The van der Waals surface area contributed by atoms with Crippen molar-refractivity contribution in [2.75, 3.05) is 0 Å². The molecule has 0 heterocycles. The van der Waals surface area contributed by atoms with Gasteiger partial charge in [-0.25, -0.2) is 0 Å². The summed E-state index contributed by atoms with van der Waals surface area (Å²) in [7, 11) is 0. The molecule has 0 aromatic rings. The molecule has 0 aliphatic heterocycles. The van der Waals surface area contributed by atoms with Gasteiger partial charge in [0, 0.05) is 11.1 Å². The number of hydrogen-bond acceptors (Lipinski definition) is 1. The molecule has 0 saturated heterocycles. The van der Waals surface area contributed by atoms with Crippen molar-refractivity contribution >= 4 is 0 Å². The fourth-order valence-corrected chi connectivity index (χ4v) is 12.3. The Morgan fingerprint density at radius 3 is 2.15 bits per heavy atom. The monoisotopic (exact) mass is 465 g/mol. The Hall–Kier alpha value is -0.720. The van der Waals surface area contributed by atoms with E-state index in [1.165, 1.54) is 76.2 Å². The van der Waals surface area contributed by atoms with Gasteiger partial charge in [0.1, 0.15) is 0 Å². The third kappa shape index (κ3) is 2.80. The smallest absolute Gasteiger partial charge is 0.0130 e. The quantitative estimate of drug-likeness (QED) is 0.413. The molecule has 5 saturated carbocycles. The molecular weight excluding hydrogens is 410 g/mol. The molecule has 0 aromatic carbocycles. The molecule has 5 aliphatic rings. The van der Waals surface area contributed by atoms with Crippen molar-refractivity contribution in [3.63, 3.8) is 0 Å².